The van der Waals surface area contributed by atoms with E-state index in [1.165, 1.54) is 6.42 Å². The molecule has 0 bridgehead atoms. The summed E-state index contributed by atoms with van der Waals surface area (Å²) in [6, 6.07) is 9.98. The van der Waals surface area contributed by atoms with Gasteiger partial charge in [-0.05, 0) is 37.6 Å². The van der Waals surface area contributed by atoms with E-state index in [9.17, 15) is 0 Å². The Balaban J connectivity index is 1.96. The highest BCUT2D eigenvalue weighted by atomic mass is 16.5. The number of hydrogen-bond donors (Lipinski definition) is 1. The van der Waals surface area contributed by atoms with Crippen molar-refractivity contribution in [3.8, 4) is 5.75 Å². The Morgan fingerprint density at radius 2 is 2.00 bits per heavy atom. The molecule has 0 saturated heterocycles. The van der Waals surface area contributed by atoms with Crippen molar-refractivity contribution in [2.75, 3.05) is 19.7 Å². The number of benzene rings is 1. The van der Waals surface area contributed by atoms with Crippen LogP contribution in [0.1, 0.15) is 26.7 Å². The molecule has 0 amide bonds. The molecule has 0 fully saturated rings. The summed E-state index contributed by atoms with van der Waals surface area (Å²) in [6.45, 7) is 7.44. The largest absolute Gasteiger partial charge is 0.494 e. The molecule has 1 aromatic rings. The Hall–Kier alpha value is -1.02. The minimum atomic E-state index is 0.773. The first-order chi connectivity index (χ1) is 7.83. The Morgan fingerprint density at radius 3 is 2.69 bits per heavy atom. The number of rotatable bonds is 8. The topological polar surface area (TPSA) is 21.3 Å². The molecule has 0 heterocycles. The molecule has 1 rings (SSSR count). The molecule has 1 aromatic carbocycles. The zero-order valence-electron chi connectivity index (χ0n) is 10.4. The maximum Gasteiger partial charge on any atom is 0.119 e. The Kier molecular flexibility index (Phi) is 6.66. The normalized spacial score (nSPS) is 12.4. The summed E-state index contributed by atoms with van der Waals surface area (Å²) in [4.78, 5) is 0. The molecule has 1 N–H and O–H groups in total. The summed E-state index contributed by atoms with van der Waals surface area (Å²) in [5.74, 6) is 1.74. The third-order valence-electron chi connectivity index (χ3n) is 2.70. The molecule has 2 nitrogen and oxygen atoms in total. The fourth-order valence-electron chi connectivity index (χ4n) is 1.40. The van der Waals surface area contributed by atoms with Crippen molar-refractivity contribution < 1.29 is 4.74 Å². The van der Waals surface area contributed by atoms with Gasteiger partial charge in [0.2, 0.25) is 0 Å². The van der Waals surface area contributed by atoms with E-state index in [4.69, 9.17) is 4.74 Å². The predicted octanol–water partition coefficient (Wildman–Crippen LogP) is 3.09. The SMILES string of the molecule is CCC(C)CNCCCOc1ccccc1. The molecule has 0 aliphatic carbocycles. The van der Waals surface area contributed by atoms with Gasteiger partial charge in [-0.15, -0.1) is 0 Å². The first-order valence-corrected chi connectivity index (χ1v) is 6.21. The molecule has 0 aromatic heterocycles. The van der Waals surface area contributed by atoms with E-state index in [1.807, 2.05) is 30.3 Å². The van der Waals surface area contributed by atoms with Crippen LogP contribution in [0.25, 0.3) is 0 Å². The summed E-state index contributed by atoms with van der Waals surface area (Å²) >= 11 is 0. The lowest BCUT2D eigenvalue weighted by atomic mass is 10.1. The number of nitrogens with one attached hydrogen (secondary N) is 1. The molecule has 0 radical (unpaired) electrons. The van der Waals surface area contributed by atoms with Gasteiger partial charge in [-0.1, -0.05) is 38.5 Å². The van der Waals surface area contributed by atoms with Crippen molar-refractivity contribution in [3.05, 3.63) is 30.3 Å². The molecule has 0 aliphatic rings. The van der Waals surface area contributed by atoms with Gasteiger partial charge >= 0.3 is 0 Å². The van der Waals surface area contributed by atoms with Crippen LogP contribution in [-0.2, 0) is 0 Å². The number of ether oxygens (including phenoxy) is 1. The van der Waals surface area contributed by atoms with Gasteiger partial charge in [0.15, 0.2) is 0 Å². The van der Waals surface area contributed by atoms with Crippen LogP contribution < -0.4 is 10.1 Å². The molecular formula is C14H23NO. The lowest BCUT2D eigenvalue weighted by Crippen LogP contribution is -2.23. The van der Waals surface area contributed by atoms with Gasteiger partial charge < -0.3 is 10.1 Å². The smallest absolute Gasteiger partial charge is 0.119 e. The lowest BCUT2D eigenvalue weighted by molar-refractivity contribution is 0.306. The molecule has 16 heavy (non-hydrogen) atoms. The first-order valence-electron chi connectivity index (χ1n) is 6.21. The highest BCUT2D eigenvalue weighted by Gasteiger charge is 1.97. The number of hydrogen-bond acceptors (Lipinski definition) is 2. The summed E-state index contributed by atoms with van der Waals surface area (Å²) in [6.07, 6.45) is 2.30. The highest BCUT2D eigenvalue weighted by Crippen LogP contribution is 2.08. The van der Waals surface area contributed by atoms with E-state index in [-0.39, 0.29) is 0 Å². The van der Waals surface area contributed by atoms with Crippen molar-refractivity contribution in [2.24, 2.45) is 5.92 Å². The molecule has 0 spiro atoms. The van der Waals surface area contributed by atoms with Crippen LogP contribution >= 0.6 is 0 Å². The van der Waals surface area contributed by atoms with Crippen LogP contribution in [-0.4, -0.2) is 19.7 Å². The van der Waals surface area contributed by atoms with Crippen molar-refractivity contribution in [3.63, 3.8) is 0 Å². The maximum atomic E-state index is 5.60. The maximum absolute atomic E-state index is 5.60. The van der Waals surface area contributed by atoms with Crippen molar-refractivity contribution in [2.45, 2.75) is 26.7 Å². The fraction of sp³-hybridized carbons (Fsp3) is 0.571. The van der Waals surface area contributed by atoms with Gasteiger partial charge in [-0.3, -0.25) is 0 Å². The molecular weight excluding hydrogens is 198 g/mol. The first kappa shape index (κ1) is 13.0. The van der Waals surface area contributed by atoms with Crippen LogP contribution in [0.2, 0.25) is 0 Å². The van der Waals surface area contributed by atoms with Gasteiger partial charge in [0, 0.05) is 0 Å². The van der Waals surface area contributed by atoms with Gasteiger partial charge in [0.05, 0.1) is 6.61 Å². The fourth-order valence-corrected chi connectivity index (χ4v) is 1.40. The Bertz CT molecular complexity index is 261. The van der Waals surface area contributed by atoms with Crippen LogP contribution in [0.15, 0.2) is 30.3 Å². The van der Waals surface area contributed by atoms with Crippen molar-refractivity contribution >= 4 is 0 Å². The van der Waals surface area contributed by atoms with Crippen LogP contribution in [0.5, 0.6) is 5.75 Å². The molecule has 2 heteroatoms. The van der Waals surface area contributed by atoms with Gasteiger partial charge in [0.1, 0.15) is 5.75 Å². The van der Waals surface area contributed by atoms with Gasteiger partial charge in [-0.25, -0.2) is 0 Å². The summed E-state index contributed by atoms with van der Waals surface area (Å²) in [5.41, 5.74) is 0. The molecule has 0 aliphatic heterocycles. The highest BCUT2D eigenvalue weighted by molar-refractivity contribution is 5.20. The second-order valence-corrected chi connectivity index (χ2v) is 4.23. The van der Waals surface area contributed by atoms with Gasteiger partial charge in [0.25, 0.3) is 0 Å². The quantitative estimate of drug-likeness (QED) is 0.681. The van der Waals surface area contributed by atoms with Crippen LogP contribution in [0.4, 0.5) is 0 Å². The van der Waals surface area contributed by atoms with Crippen molar-refractivity contribution in [1.29, 1.82) is 0 Å². The monoisotopic (exact) mass is 221 g/mol. The average molecular weight is 221 g/mol. The zero-order valence-corrected chi connectivity index (χ0v) is 10.4. The average Bonchev–Trinajstić information content (AvgIpc) is 2.34. The van der Waals surface area contributed by atoms with Crippen LogP contribution in [0, 0.1) is 5.92 Å². The number of para-hydroxylation sites is 1. The minimum Gasteiger partial charge on any atom is -0.494 e. The predicted molar refractivity (Wildman–Crippen MR) is 68.9 cm³/mol. The second-order valence-electron chi connectivity index (χ2n) is 4.23. The third-order valence-corrected chi connectivity index (χ3v) is 2.70. The summed E-state index contributed by atoms with van der Waals surface area (Å²) < 4.78 is 5.60. The Morgan fingerprint density at radius 1 is 1.25 bits per heavy atom. The van der Waals surface area contributed by atoms with E-state index in [1.54, 1.807) is 0 Å². The molecule has 90 valence electrons. The zero-order chi connectivity index (χ0) is 11.6. The lowest BCUT2D eigenvalue weighted by Gasteiger charge is -2.10. The van der Waals surface area contributed by atoms with E-state index >= 15 is 0 Å². The van der Waals surface area contributed by atoms with E-state index in [0.717, 1.165) is 37.8 Å². The standard InChI is InChI=1S/C14H23NO/c1-3-13(2)12-15-10-7-11-16-14-8-5-4-6-9-14/h4-6,8-9,13,15H,3,7,10-12H2,1-2H3. The molecule has 0 saturated carbocycles. The summed E-state index contributed by atoms with van der Waals surface area (Å²) in [5, 5.41) is 3.44. The van der Waals surface area contributed by atoms with Gasteiger partial charge in [-0.2, -0.15) is 0 Å². The van der Waals surface area contributed by atoms with E-state index in [2.05, 4.69) is 19.2 Å². The molecule has 1 unspecified atom stereocenters. The summed E-state index contributed by atoms with van der Waals surface area (Å²) in [7, 11) is 0. The second kappa shape index (κ2) is 8.17. The third kappa shape index (κ3) is 5.76. The van der Waals surface area contributed by atoms with E-state index < -0.39 is 0 Å². The minimum absolute atomic E-state index is 0.773. The van der Waals surface area contributed by atoms with E-state index in [0.29, 0.717) is 0 Å². The molecule has 1 atom stereocenters. The Labute approximate surface area is 99.0 Å². The van der Waals surface area contributed by atoms with Crippen LogP contribution in [0.3, 0.4) is 0 Å². The van der Waals surface area contributed by atoms with Crippen molar-refractivity contribution in [1.82, 2.24) is 5.32 Å².